The highest BCUT2D eigenvalue weighted by Gasteiger charge is 2.13. The summed E-state index contributed by atoms with van der Waals surface area (Å²) in [7, 11) is 1.44. The molecule has 21 heavy (non-hydrogen) atoms. The molecule has 0 aliphatic heterocycles. The first-order valence-corrected chi connectivity index (χ1v) is 7.82. The average Bonchev–Trinajstić information content (AvgIpc) is 2.84. The summed E-state index contributed by atoms with van der Waals surface area (Å²) >= 11 is 8.22. The Labute approximate surface area is 139 Å². The summed E-state index contributed by atoms with van der Waals surface area (Å²) in [5.41, 5.74) is 2.41. The zero-order valence-electron chi connectivity index (χ0n) is 11.1. The van der Waals surface area contributed by atoms with Crippen LogP contribution in [-0.4, -0.2) is 16.7 Å². The van der Waals surface area contributed by atoms with Gasteiger partial charge in [0, 0.05) is 9.64 Å². The van der Waals surface area contributed by atoms with Gasteiger partial charge in [0.25, 0.3) is 0 Å². The van der Waals surface area contributed by atoms with Gasteiger partial charge >= 0.3 is 0 Å². The van der Waals surface area contributed by atoms with E-state index >= 15 is 0 Å². The first-order chi connectivity index (χ1) is 10.1. The molecule has 0 atom stereocenters. The van der Waals surface area contributed by atoms with Gasteiger partial charge in [0.2, 0.25) is 0 Å². The molecule has 6 heteroatoms. The lowest BCUT2D eigenvalue weighted by molar-refractivity contribution is 0.386. The first kappa shape index (κ1) is 14.6. The molecule has 0 saturated heterocycles. The van der Waals surface area contributed by atoms with Crippen molar-refractivity contribution in [1.82, 2.24) is 9.55 Å². The maximum absolute atomic E-state index is 13.9. The lowest BCUT2D eigenvalue weighted by Crippen LogP contribution is -2.00. The molecule has 3 nitrogen and oxygen atoms in total. The van der Waals surface area contributed by atoms with Crippen molar-refractivity contribution in [3.8, 4) is 11.4 Å². The number of ether oxygens (including phenoxy) is 1. The van der Waals surface area contributed by atoms with Gasteiger partial charge in [0.15, 0.2) is 11.6 Å². The summed E-state index contributed by atoms with van der Waals surface area (Å²) in [6, 6.07) is 10.7. The zero-order valence-corrected chi connectivity index (χ0v) is 14.0. The number of alkyl halides is 1. The summed E-state index contributed by atoms with van der Waals surface area (Å²) < 4.78 is 21.9. The van der Waals surface area contributed by atoms with E-state index in [1.807, 2.05) is 22.8 Å². The number of halogens is 3. The molecule has 2 aromatic carbocycles. The predicted octanol–water partition coefficient (Wildman–Crippen LogP) is 4.52. The summed E-state index contributed by atoms with van der Waals surface area (Å²) in [6.45, 7) is 0. The molecule has 0 fully saturated rings. The molecule has 1 aromatic heterocycles. The minimum absolute atomic E-state index is 0.213. The Kier molecular flexibility index (Phi) is 4.03. The van der Waals surface area contributed by atoms with E-state index in [1.165, 1.54) is 13.2 Å². The molecule has 0 radical (unpaired) electrons. The van der Waals surface area contributed by atoms with Gasteiger partial charge in [-0.2, -0.15) is 0 Å². The second-order valence-electron chi connectivity index (χ2n) is 4.45. The van der Waals surface area contributed by atoms with Gasteiger partial charge in [-0.25, -0.2) is 9.37 Å². The third-order valence-electron chi connectivity index (χ3n) is 3.20. The number of rotatable bonds is 3. The van der Waals surface area contributed by atoms with E-state index in [-0.39, 0.29) is 11.6 Å². The highest BCUT2D eigenvalue weighted by molar-refractivity contribution is 14.1. The monoisotopic (exact) mass is 416 g/mol. The number of nitrogens with zero attached hydrogens (tertiary/aromatic N) is 2. The zero-order chi connectivity index (χ0) is 15.0. The fraction of sp³-hybridized carbons (Fsp3) is 0.133. The molecule has 0 unspecified atom stereocenters. The largest absolute Gasteiger partial charge is 0.494 e. The Hall–Kier alpha value is -1.34. The third-order valence-corrected chi connectivity index (χ3v) is 4.11. The lowest BCUT2D eigenvalue weighted by atomic mass is 10.2. The summed E-state index contributed by atoms with van der Waals surface area (Å²) in [5.74, 6) is 0.727. The number of methoxy groups -OCH3 is 1. The second-order valence-corrected chi connectivity index (χ2v) is 5.96. The number of fused-ring (bicyclic) bond motifs is 1. The topological polar surface area (TPSA) is 27.1 Å². The van der Waals surface area contributed by atoms with Crippen molar-refractivity contribution in [3.63, 3.8) is 0 Å². The van der Waals surface area contributed by atoms with Crippen molar-refractivity contribution < 1.29 is 9.13 Å². The fourth-order valence-corrected chi connectivity index (χ4v) is 2.93. The van der Waals surface area contributed by atoms with Crippen LogP contribution in [0.5, 0.6) is 5.75 Å². The molecule has 108 valence electrons. The maximum Gasteiger partial charge on any atom is 0.167 e. The van der Waals surface area contributed by atoms with Gasteiger partial charge in [-0.3, -0.25) is 4.57 Å². The smallest absolute Gasteiger partial charge is 0.167 e. The van der Waals surface area contributed by atoms with Crippen molar-refractivity contribution in [1.29, 1.82) is 0 Å². The van der Waals surface area contributed by atoms with Crippen molar-refractivity contribution in [2.75, 3.05) is 7.11 Å². The molecule has 3 aromatic rings. The van der Waals surface area contributed by atoms with Crippen molar-refractivity contribution in [3.05, 3.63) is 51.6 Å². The Bertz CT molecular complexity index is 819. The molecule has 0 aliphatic carbocycles. The van der Waals surface area contributed by atoms with Gasteiger partial charge in [-0.1, -0.05) is 0 Å². The van der Waals surface area contributed by atoms with Gasteiger partial charge in [0.05, 0.1) is 29.7 Å². The number of hydrogen-bond donors (Lipinski definition) is 0. The maximum atomic E-state index is 13.9. The van der Waals surface area contributed by atoms with Crippen LogP contribution in [0.4, 0.5) is 4.39 Å². The number of benzene rings is 2. The van der Waals surface area contributed by atoms with E-state index in [9.17, 15) is 4.39 Å². The number of imidazole rings is 1. The minimum Gasteiger partial charge on any atom is -0.494 e. The highest BCUT2D eigenvalue weighted by Crippen LogP contribution is 2.27. The van der Waals surface area contributed by atoms with Crippen molar-refractivity contribution >= 4 is 45.2 Å². The Balaban J connectivity index is 2.25. The van der Waals surface area contributed by atoms with Crippen LogP contribution in [0.3, 0.4) is 0 Å². The predicted molar refractivity (Wildman–Crippen MR) is 89.9 cm³/mol. The van der Waals surface area contributed by atoms with Gasteiger partial charge in [0.1, 0.15) is 5.82 Å². The lowest BCUT2D eigenvalue weighted by Gasteiger charge is -2.09. The normalized spacial score (nSPS) is 11.0. The number of aromatic nitrogens is 2. The van der Waals surface area contributed by atoms with Crippen LogP contribution >= 0.6 is 34.2 Å². The molecule has 0 spiro atoms. The molecule has 0 saturated carbocycles. The van der Waals surface area contributed by atoms with E-state index in [0.717, 1.165) is 14.6 Å². The van der Waals surface area contributed by atoms with Crippen molar-refractivity contribution in [2.45, 2.75) is 5.88 Å². The molecule has 0 aliphatic rings. The molecule has 0 amide bonds. The van der Waals surface area contributed by atoms with E-state index in [0.29, 0.717) is 11.5 Å². The van der Waals surface area contributed by atoms with E-state index in [4.69, 9.17) is 16.3 Å². The van der Waals surface area contributed by atoms with Gasteiger partial charge < -0.3 is 4.74 Å². The quantitative estimate of drug-likeness (QED) is 0.464. The van der Waals surface area contributed by atoms with Crippen LogP contribution in [0.25, 0.3) is 16.7 Å². The Morgan fingerprint density at radius 1 is 1.29 bits per heavy atom. The molecule has 0 N–H and O–H groups in total. The standard InChI is InChI=1S/C15H11ClFIN2O/c1-21-14-5-3-10(7-11(14)17)20-13-4-2-9(18)6-12(13)19-15(20)8-16/h2-7H,8H2,1H3. The van der Waals surface area contributed by atoms with Crippen LogP contribution in [0.15, 0.2) is 36.4 Å². The molecular formula is C15H11ClFIN2O. The molecule has 3 rings (SSSR count). The summed E-state index contributed by atoms with van der Waals surface area (Å²) in [6.07, 6.45) is 0. The van der Waals surface area contributed by atoms with Gasteiger partial charge in [-0.05, 0) is 52.9 Å². The van der Waals surface area contributed by atoms with Crippen LogP contribution in [0.2, 0.25) is 0 Å². The van der Waals surface area contributed by atoms with Crippen molar-refractivity contribution in [2.24, 2.45) is 0 Å². The summed E-state index contributed by atoms with van der Waals surface area (Å²) in [5, 5.41) is 0. The molecular weight excluding hydrogens is 406 g/mol. The van der Waals surface area contributed by atoms with E-state index in [1.54, 1.807) is 12.1 Å². The third kappa shape index (κ3) is 2.60. The number of hydrogen-bond acceptors (Lipinski definition) is 2. The minimum atomic E-state index is -0.414. The first-order valence-electron chi connectivity index (χ1n) is 6.21. The van der Waals surface area contributed by atoms with Crippen LogP contribution < -0.4 is 4.74 Å². The fourth-order valence-electron chi connectivity index (χ4n) is 2.28. The average molecular weight is 417 g/mol. The molecule has 0 bridgehead atoms. The van der Waals surface area contributed by atoms with E-state index < -0.39 is 5.82 Å². The highest BCUT2D eigenvalue weighted by atomic mass is 127. The van der Waals surface area contributed by atoms with Gasteiger partial charge in [-0.15, -0.1) is 11.6 Å². The van der Waals surface area contributed by atoms with E-state index in [2.05, 4.69) is 27.6 Å². The summed E-state index contributed by atoms with van der Waals surface area (Å²) in [4.78, 5) is 4.51. The Morgan fingerprint density at radius 2 is 2.10 bits per heavy atom. The van der Waals surface area contributed by atoms with Crippen LogP contribution in [0.1, 0.15) is 5.82 Å². The Morgan fingerprint density at radius 3 is 2.76 bits per heavy atom. The second kappa shape index (κ2) is 5.81. The SMILES string of the molecule is COc1ccc(-n2c(CCl)nc3cc(I)ccc32)cc1F. The molecule has 1 heterocycles. The van der Waals surface area contributed by atoms with Crippen LogP contribution in [-0.2, 0) is 5.88 Å². The van der Waals surface area contributed by atoms with Crippen LogP contribution in [0, 0.1) is 9.39 Å².